The molecule has 1 aliphatic rings. The van der Waals surface area contributed by atoms with Crippen molar-refractivity contribution in [2.24, 2.45) is 0 Å². The molecular weight excluding hydrogens is 322 g/mol. The van der Waals surface area contributed by atoms with E-state index in [1.54, 1.807) is 13.0 Å². The Bertz CT molecular complexity index is 700. The number of carbonyl (C=O) groups is 2. The van der Waals surface area contributed by atoms with E-state index < -0.39 is 15.8 Å². The molecule has 1 fully saturated rings. The van der Waals surface area contributed by atoms with Crippen molar-refractivity contribution in [2.45, 2.75) is 19.4 Å². The lowest BCUT2D eigenvalue weighted by Gasteiger charge is -2.26. The van der Waals surface area contributed by atoms with Crippen LogP contribution in [0.1, 0.15) is 23.7 Å². The summed E-state index contributed by atoms with van der Waals surface area (Å²) in [5, 5.41) is 8.92. The van der Waals surface area contributed by atoms with E-state index in [1.807, 2.05) is 0 Å². The molecule has 0 aliphatic carbocycles. The minimum absolute atomic E-state index is 0.0128. The molecule has 7 nitrogen and oxygen atoms in total. The van der Waals surface area contributed by atoms with E-state index in [4.69, 9.17) is 9.84 Å². The number of sulfone groups is 1. The number of carboxylic acid groups (broad SMARTS) is 1. The average Bonchev–Trinajstić information content (AvgIpc) is 2.86. The highest BCUT2D eigenvalue weighted by atomic mass is 32.2. The monoisotopic (exact) mass is 341 g/mol. The number of rotatable bonds is 6. The number of aromatic carboxylic acids is 1. The van der Waals surface area contributed by atoms with Crippen LogP contribution in [0.5, 0.6) is 5.75 Å². The Kier molecular flexibility index (Phi) is 5.25. The molecule has 1 atom stereocenters. The summed E-state index contributed by atoms with van der Waals surface area (Å²) in [5.41, 5.74) is 0.0733. The van der Waals surface area contributed by atoms with E-state index in [0.717, 1.165) is 0 Å². The normalized spacial score (nSPS) is 19.3. The number of likely N-dealkylation sites (N-methyl/N-ethyl adjacent to an activating group) is 1. The molecule has 23 heavy (non-hydrogen) atoms. The van der Waals surface area contributed by atoms with Crippen molar-refractivity contribution in [2.75, 3.05) is 24.7 Å². The molecule has 1 amide bonds. The summed E-state index contributed by atoms with van der Waals surface area (Å²) in [4.78, 5) is 24.7. The van der Waals surface area contributed by atoms with E-state index in [0.29, 0.717) is 13.0 Å². The van der Waals surface area contributed by atoms with Gasteiger partial charge in [0.1, 0.15) is 5.75 Å². The van der Waals surface area contributed by atoms with Crippen LogP contribution in [-0.4, -0.2) is 61.0 Å². The Balaban J connectivity index is 1.98. The largest absolute Gasteiger partial charge is 0.484 e. The third kappa shape index (κ3) is 4.44. The van der Waals surface area contributed by atoms with Crippen LogP contribution < -0.4 is 4.74 Å². The fourth-order valence-corrected chi connectivity index (χ4v) is 4.34. The first kappa shape index (κ1) is 17.3. The second kappa shape index (κ2) is 6.99. The molecule has 1 N–H and O–H groups in total. The highest BCUT2D eigenvalue weighted by molar-refractivity contribution is 7.91. The fraction of sp³-hybridized carbons (Fsp3) is 0.467. The van der Waals surface area contributed by atoms with Gasteiger partial charge in [0.2, 0.25) is 0 Å². The maximum atomic E-state index is 12.3. The van der Waals surface area contributed by atoms with Crippen LogP contribution in [0.3, 0.4) is 0 Å². The molecule has 8 heteroatoms. The summed E-state index contributed by atoms with van der Waals surface area (Å²) in [6, 6.07) is 5.55. The average molecular weight is 341 g/mol. The molecule has 1 saturated heterocycles. The predicted molar refractivity (Wildman–Crippen MR) is 83.3 cm³/mol. The first-order valence-electron chi connectivity index (χ1n) is 7.28. The quantitative estimate of drug-likeness (QED) is 0.821. The Morgan fingerprint density at radius 2 is 2.13 bits per heavy atom. The minimum atomic E-state index is -3.07. The summed E-state index contributed by atoms with van der Waals surface area (Å²) in [7, 11) is -3.07. The molecule has 1 aromatic rings. The zero-order valence-corrected chi connectivity index (χ0v) is 13.6. The number of hydrogen-bond donors (Lipinski definition) is 1. The summed E-state index contributed by atoms with van der Waals surface area (Å²) in [6.45, 7) is 1.93. The van der Waals surface area contributed by atoms with Crippen LogP contribution in [-0.2, 0) is 14.6 Å². The fourth-order valence-electron chi connectivity index (χ4n) is 2.61. The number of ether oxygens (including phenoxy) is 1. The third-order valence-corrected chi connectivity index (χ3v) is 5.50. The molecule has 1 aliphatic heterocycles. The highest BCUT2D eigenvalue weighted by Gasteiger charge is 2.33. The molecule has 0 bridgehead atoms. The van der Waals surface area contributed by atoms with Gasteiger partial charge in [-0.2, -0.15) is 0 Å². The van der Waals surface area contributed by atoms with Gasteiger partial charge >= 0.3 is 5.97 Å². The van der Waals surface area contributed by atoms with Crippen molar-refractivity contribution in [1.29, 1.82) is 0 Å². The Morgan fingerprint density at radius 3 is 2.70 bits per heavy atom. The van der Waals surface area contributed by atoms with Crippen LogP contribution in [0, 0.1) is 0 Å². The number of nitrogens with zero attached hydrogens (tertiary/aromatic N) is 1. The number of benzene rings is 1. The number of hydrogen-bond acceptors (Lipinski definition) is 5. The molecule has 0 saturated carbocycles. The Morgan fingerprint density at radius 1 is 1.39 bits per heavy atom. The first-order valence-corrected chi connectivity index (χ1v) is 9.10. The van der Waals surface area contributed by atoms with Crippen molar-refractivity contribution >= 4 is 21.7 Å². The van der Waals surface area contributed by atoms with Crippen molar-refractivity contribution in [3.8, 4) is 5.75 Å². The van der Waals surface area contributed by atoms with Crippen molar-refractivity contribution in [1.82, 2.24) is 4.90 Å². The molecule has 126 valence electrons. The van der Waals surface area contributed by atoms with Gasteiger partial charge in [0.05, 0.1) is 17.1 Å². The summed E-state index contributed by atoms with van der Waals surface area (Å²) < 4.78 is 28.4. The zero-order valence-electron chi connectivity index (χ0n) is 12.8. The molecule has 0 spiro atoms. The maximum absolute atomic E-state index is 12.3. The molecule has 1 aromatic carbocycles. The van der Waals surface area contributed by atoms with E-state index >= 15 is 0 Å². The minimum Gasteiger partial charge on any atom is -0.484 e. The summed E-state index contributed by atoms with van der Waals surface area (Å²) in [5.74, 6) is -1.01. The van der Waals surface area contributed by atoms with Gasteiger partial charge in [-0.3, -0.25) is 4.79 Å². The van der Waals surface area contributed by atoms with Crippen molar-refractivity contribution in [3.05, 3.63) is 29.8 Å². The van der Waals surface area contributed by atoms with Gasteiger partial charge < -0.3 is 14.7 Å². The Labute approximate surface area is 134 Å². The molecule has 1 heterocycles. The molecule has 0 radical (unpaired) electrons. The van der Waals surface area contributed by atoms with Crippen LogP contribution >= 0.6 is 0 Å². The number of carbonyl (C=O) groups excluding carboxylic acids is 1. The van der Waals surface area contributed by atoms with Gasteiger partial charge in [-0.15, -0.1) is 0 Å². The number of carboxylic acids is 1. The first-order chi connectivity index (χ1) is 10.8. The van der Waals surface area contributed by atoms with Crippen LogP contribution in [0.2, 0.25) is 0 Å². The lowest BCUT2D eigenvalue weighted by molar-refractivity contribution is -0.135. The van der Waals surface area contributed by atoms with Gasteiger partial charge in [0.15, 0.2) is 16.4 Å². The SMILES string of the molecule is CCN(C(=O)COc1cccc(C(=O)O)c1)C1CCS(=O)(=O)C1. The highest BCUT2D eigenvalue weighted by Crippen LogP contribution is 2.18. The summed E-state index contributed by atoms with van der Waals surface area (Å²) >= 11 is 0. The molecular formula is C15H19NO6S. The van der Waals surface area contributed by atoms with E-state index in [2.05, 4.69) is 0 Å². The van der Waals surface area contributed by atoms with Crippen LogP contribution in [0.4, 0.5) is 0 Å². The smallest absolute Gasteiger partial charge is 0.335 e. The molecule has 1 unspecified atom stereocenters. The van der Waals surface area contributed by atoms with Gasteiger partial charge in [0.25, 0.3) is 5.91 Å². The summed E-state index contributed by atoms with van der Waals surface area (Å²) in [6.07, 6.45) is 0.441. The maximum Gasteiger partial charge on any atom is 0.335 e. The third-order valence-electron chi connectivity index (χ3n) is 3.75. The van der Waals surface area contributed by atoms with E-state index in [1.165, 1.54) is 23.1 Å². The second-order valence-corrected chi connectivity index (χ2v) is 7.59. The molecule has 0 aromatic heterocycles. The number of amides is 1. The van der Waals surface area contributed by atoms with Gasteiger partial charge in [-0.1, -0.05) is 6.07 Å². The van der Waals surface area contributed by atoms with Gasteiger partial charge in [-0.05, 0) is 31.5 Å². The topological polar surface area (TPSA) is 101 Å². The lowest BCUT2D eigenvalue weighted by Crippen LogP contribution is -2.43. The van der Waals surface area contributed by atoms with E-state index in [-0.39, 0.29) is 41.4 Å². The Hall–Kier alpha value is -2.09. The van der Waals surface area contributed by atoms with Crippen LogP contribution in [0.15, 0.2) is 24.3 Å². The van der Waals surface area contributed by atoms with Gasteiger partial charge in [0, 0.05) is 12.6 Å². The second-order valence-electron chi connectivity index (χ2n) is 5.36. The van der Waals surface area contributed by atoms with Crippen molar-refractivity contribution < 1.29 is 27.9 Å². The van der Waals surface area contributed by atoms with Crippen molar-refractivity contribution in [3.63, 3.8) is 0 Å². The van der Waals surface area contributed by atoms with Crippen LogP contribution in [0.25, 0.3) is 0 Å². The zero-order chi connectivity index (χ0) is 17.0. The standard InChI is InChI=1S/C15H19NO6S/c1-2-16(12-6-7-23(20,21)10-12)14(17)9-22-13-5-3-4-11(8-13)15(18)19/h3-5,8,12H,2,6-7,9-10H2,1H3,(H,18,19). The predicted octanol–water partition coefficient (Wildman–Crippen LogP) is 0.799. The van der Waals surface area contributed by atoms with E-state index in [9.17, 15) is 18.0 Å². The van der Waals surface area contributed by atoms with Gasteiger partial charge in [-0.25, -0.2) is 13.2 Å². The molecule has 2 rings (SSSR count). The lowest BCUT2D eigenvalue weighted by atomic mass is 10.2.